The fourth-order valence-electron chi connectivity index (χ4n) is 12.9. The lowest BCUT2D eigenvalue weighted by atomic mass is 9.97. The van der Waals surface area contributed by atoms with Gasteiger partial charge in [-0.2, -0.15) is 15.0 Å². The number of ether oxygens (including phenoxy) is 6. The van der Waals surface area contributed by atoms with Crippen LogP contribution >= 0.6 is 72.5 Å². The van der Waals surface area contributed by atoms with Crippen LogP contribution in [-0.4, -0.2) is 308 Å². The summed E-state index contributed by atoms with van der Waals surface area (Å²) >= 11 is 23.8. The maximum atomic E-state index is 12.6. The monoisotopic (exact) mass is 2010 g/mol. The Hall–Kier alpha value is -8.56. The third-order valence-electron chi connectivity index (χ3n) is 20.3. The molecule has 0 aliphatic carbocycles. The second-order valence-corrected chi connectivity index (χ2v) is 46.6. The first-order valence-electron chi connectivity index (χ1n) is 41.7. The van der Waals surface area contributed by atoms with Crippen molar-refractivity contribution < 1.29 is 84.0 Å². The standard InChI is InChI=1S/C29H41ClN7O7P.C20H25ClN7O4P.C19H25ClN5O5P.C13H22ClN4O5P/c1-18(2)25(38)33-28-32-24-23(26(34-28)41-15-19-9-11-20(12-10-19)44-27(39)29(3,4)5)31-17-37(24)22-14-36(8)13-21(43-22)16-42-45(30,40)35(6)7;1-26(2)33(21,30)31-11-15-9-27(3)10-16(32-15)28-13-24-17-18(22-12-23-19(17)28)25-20(29)14-7-5-4-6-8-14;1-23(2)31(20,28)29-13-15-11-24(3)12-17(30-15)25-10-9-16(22-19(25)27)21-18(26)14-7-5-4-6-8-14;1-9-5-18(13(20)15-12(9)19)11-7-17(4)6-10(23-11)8-22-24(14,21)16(2)3/h9-12,17-18,21-22H,13-16H2,1-8H3,(H,32,33,34,38);4-8,12-13,15-16H,9-11H2,1-3H3,(H,22,23,25,29);4-10,15,17H,11-13H2,1-3H3,(H,21,22,26,27);5,10-11H,6-8H2,1-4H3,(H,15,19,20)/t21-,22?,45?;15-,16?,33?;15-,17?,31?;10-,11?,24?/m0000/s1. The molecule has 9 aromatic rings. The smallest absolute Gasteiger partial charge is 0.362 e. The Morgan fingerprint density at radius 2 is 0.940 bits per heavy atom. The van der Waals surface area contributed by atoms with Crippen molar-refractivity contribution in [2.24, 2.45) is 11.3 Å². The van der Waals surface area contributed by atoms with E-state index in [0.29, 0.717) is 103 Å². The van der Waals surface area contributed by atoms with E-state index < -0.39 is 93.1 Å². The number of hydrogen-bond acceptors (Lipinski definition) is 32. The molecule has 13 rings (SSSR count). The highest BCUT2D eigenvalue weighted by Gasteiger charge is 2.38. The molecule has 4 N–H and O–H groups in total. The molecule has 0 saturated carbocycles. The van der Waals surface area contributed by atoms with Crippen molar-refractivity contribution in [3.63, 3.8) is 0 Å². The normalized spacial score (nSPS) is 21.3. The van der Waals surface area contributed by atoms with Crippen LogP contribution in [0.4, 0.5) is 17.6 Å². The van der Waals surface area contributed by atoms with Crippen molar-refractivity contribution in [2.75, 3.05) is 179 Å². The molecule has 12 atom stereocenters. The van der Waals surface area contributed by atoms with Crippen LogP contribution in [0.5, 0.6) is 11.6 Å². The Labute approximate surface area is 787 Å². The number of imidazole rings is 2. The highest BCUT2D eigenvalue weighted by atomic mass is 35.7. The summed E-state index contributed by atoms with van der Waals surface area (Å²) < 4.78 is 118. The van der Waals surface area contributed by atoms with Crippen LogP contribution in [0.15, 0.2) is 137 Å². The van der Waals surface area contributed by atoms with E-state index in [1.54, 1.807) is 193 Å². The lowest BCUT2D eigenvalue weighted by molar-refractivity contribution is -0.143. The number of morpholine rings is 4. The number of nitrogens with one attached hydrogen (secondary N) is 4. The van der Waals surface area contributed by atoms with Gasteiger partial charge in [-0.3, -0.25) is 90.4 Å². The van der Waals surface area contributed by atoms with Crippen LogP contribution in [0, 0.1) is 18.3 Å². The van der Waals surface area contributed by atoms with Crippen LogP contribution in [-0.2, 0) is 71.5 Å². The number of esters is 1. The van der Waals surface area contributed by atoms with Crippen molar-refractivity contribution in [1.29, 1.82) is 0 Å². The summed E-state index contributed by atoms with van der Waals surface area (Å²) in [6.45, 7) is 1.26. The Morgan fingerprint density at radius 3 is 1.37 bits per heavy atom. The van der Waals surface area contributed by atoms with E-state index in [9.17, 15) is 51.8 Å². The minimum Gasteiger partial charge on any atom is -0.471 e. The fraction of sp³-hybridized carbons (Fsp3) is 0.506. The van der Waals surface area contributed by atoms with Gasteiger partial charge in [-0.05, 0) is 205 Å². The second kappa shape index (κ2) is 47.0. The maximum absolute atomic E-state index is 12.6. The van der Waals surface area contributed by atoms with Gasteiger partial charge < -0.3 is 57.1 Å². The molecule has 44 nitrogen and oxygen atoms in total. The summed E-state index contributed by atoms with van der Waals surface area (Å²) in [5, 5.41) is 8.15. The number of aryl methyl sites for hydroxylation is 1. The Bertz CT molecular complexity index is 5890. The average molecular weight is 2010 g/mol. The average Bonchev–Trinajstić information content (AvgIpc) is 1.64. The van der Waals surface area contributed by atoms with E-state index in [4.69, 9.17) is 91.5 Å². The molecule has 0 spiro atoms. The van der Waals surface area contributed by atoms with Crippen LogP contribution in [0.2, 0.25) is 0 Å². The van der Waals surface area contributed by atoms with Gasteiger partial charge in [-0.15, -0.1) is 0 Å². The molecule has 133 heavy (non-hydrogen) atoms. The third-order valence-corrected chi connectivity index (χ3v) is 30.8. The summed E-state index contributed by atoms with van der Waals surface area (Å²) in [5.74, 6) is -0.438. The van der Waals surface area contributed by atoms with Gasteiger partial charge in [-0.25, -0.2) is 48.2 Å². The number of H-pyrrole nitrogens is 1. The van der Waals surface area contributed by atoms with E-state index in [1.165, 1.54) is 52.6 Å². The van der Waals surface area contributed by atoms with E-state index >= 15 is 0 Å². The van der Waals surface area contributed by atoms with Crippen molar-refractivity contribution >= 4 is 136 Å². The first kappa shape index (κ1) is 106. The Balaban J connectivity index is 0.000000188. The number of benzene rings is 3. The Kier molecular flexibility index (Phi) is 37.6. The van der Waals surface area contributed by atoms with Crippen LogP contribution in [0.1, 0.15) is 91.4 Å². The molecule has 10 heterocycles. The molecule has 4 aliphatic heterocycles. The van der Waals surface area contributed by atoms with Gasteiger partial charge in [0.2, 0.25) is 17.7 Å². The first-order chi connectivity index (χ1) is 62.5. The Morgan fingerprint density at radius 1 is 0.519 bits per heavy atom. The molecule has 6 aromatic heterocycles. The lowest BCUT2D eigenvalue weighted by Gasteiger charge is -2.36. The number of carbonyl (C=O) groups is 4. The molecule has 3 amide bonds. The zero-order valence-corrected chi connectivity index (χ0v) is 83.4. The van der Waals surface area contributed by atoms with Crippen LogP contribution < -0.4 is 42.4 Å². The molecule has 4 fully saturated rings. The number of aromatic nitrogens is 12. The predicted molar refractivity (Wildman–Crippen MR) is 501 cm³/mol. The summed E-state index contributed by atoms with van der Waals surface area (Å²) in [7, 11) is 20.2. The molecule has 0 bridgehead atoms. The van der Waals surface area contributed by atoms with Crippen LogP contribution in [0.3, 0.4) is 0 Å². The summed E-state index contributed by atoms with van der Waals surface area (Å²) in [6.07, 6.45) is 3.68. The highest BCUT2D eigenvalue weighted by molar-refractivity contribution is 7.84. The largest absolute Gasteiger partial charge is 0.471 e. The number of aromatic amines is 1. The van der Waals surface area contributed by atoms with Gasteiger partial charge in [-0.1, -0.05) is 62.4 Å². The second-order valence-electron chi connectivity index (χ2n) is 33.7. The molecule has 726 valence electrons. The minimum absolute atomic E-state index is 0.00714. The van der Waals surface area contributed by atoms with Gasteiger partial charge in [0.1, 0.15) is 37.0 Å². The molecule has 8 unspecified atom stereocenters. The van der Waals surface area contributed by atoms with E-state index in [0.717, 1.165) is 5.56 Å². The van der Waals surface area contributed by atoms with E-state index in [-0.39, 0.29) is 86.4 Å². The number of anilines is 3. The molecule has 4 saturated heterocycles. The number of fused-ring (bicyclic) bond motifs is 2. The van der Waals surface area contributed by atoms with Crippen molar-refractivity contribution in [1.82, 2.24) is 96.4 Å². The molecular weight excluding hydrogens is 1900 g/mol. The number of hydrogen-bond donors (Lipinski definition) is 4. The SMILES string of the molecule is CC(C)C(=O)Nc1nc(OCc2ccc(OC(=O)C(C)(C)C)cc2)c2ncn(C3CN(C)C[C@@H](COP(=O)(Cl)N(C)C)O3)c2n1.CN1CC(n2ccc(NC(=O)c3ccccc3)nc2=O)O[C@H](COP(=O)(Cl)N(C)C)C1.CN1CC(n2cnc3c(NC(=O)c4ccccc4)ncnc32)O[C@H](COP(=O)(Cl)N(C)C)C1.Cc1cn(C2CN(C)C[C@@H](COP(=O)(Cl)N(C)C)O2)c(=O)[nH]c1=O. The molecule has 52 heteroatoms. The number of rotatable bonds is 30. The maximum Gasteiger partial charge on any atom is 0.362 e. The van der Waals surface area contributed by atoms with Gasteiger partial charge >= 0.3 is 44.8 Å². The number of amides is 3. The van der Waals surface area contributed by atoms with Gasteiger partial charge in [0.15, 0.2) is 40.6 Å². The summed E-state index contributed by atoms with van der Waals surface area (Å²) in [5.41, 5.74) is 1.75. The van der Waals surface area contributed by atoms with Crippen molar-refractivity contribution in [3.8, 4) is 11.6 Å². The molecule has 0 radical (unpaired) electrons. The predicted octanol–water partition coefficient (Wildman–Crippen LogP) is 10.4. The van der Waals surface area contributed by atoms with Gasteiger partial charge in [0, 0.05) is 87.4 Å². The third kappa shape index (κ3) is 30.2. The topological polar surface area (TPSA) is 468 Å². The quantitative estimate of drug-likeness (QED) is 0.0185. The fourth-order valence-corrected chi connectivity index (χ4v) is 15.9. The van der Waals surface area contributed by atoms with Crippen molar-refractivity contribution in [2.45, 2.75) is 97.5 Å². The molecule has 3 aromatic carbocycles. The minimum atomic E-state index is -3.47. The number of carbonyl (C=O) groups excluding carboxylic acids is 4. The zero-order valence-electron chi connectivity index (χ0n) is 76.8. The summed E-state index contributed by atoms with van der Waals surface area (Å²) in [6, 6.07) is 26.0. The number of likely N-dealkylation sites (N-methyl/N-ethyl adjacent to an activating group) is 4. The molecule has 4 aliphatic rings. The highest BCUT2D eigenvalue weighted by Crippen LogP contribution is 2.57. The zero-order chi connectivity index (χ0) is 97.4. The van der Waals surface area contributed by atoms with Gasteiger partial charge in [0.25, 0.3) is 17.4 Å². The molecular formula is C81H113Cl4N23O21P4. The first-order valence-corrected chi connectivity index (χ1v) is 51.6. The summed E-state index contributed by atoms with van der Waals surface area (Å²) in [4.78, 5) is 126. The van der Waals surface area contributed by atoms with E-state index in [1.807, 2.05) is 55.0 Å². The van der Waals surface area contributed by atoms with Crippen LogP contribution in [0.25, 0.3) is 22.3 Å². The number of nitrogens with zero attached hydrogens (tertiary/aromatic N) is 19. The number of halogens is 4. The lowest BCUT2D eigenvalue weighted by Crippen LogP contribution is -2.48. The van der Waals surface area contributed by atoms with Crippen molar-refractivity contribution in [3.05, 3.63) is 176 Å². The van der Waals surface area contributed by atoms with E-state index in [2.05, 4.69) is 60.7 Å². The van der Waals surface area contributed by atoms with Gasteiger partial charge in [0.05, 0.1) is 68.9 Å².